The van der Waals surface area contributed by atoms with Gasteiger partial charge in [0, 0.05) is 16.8 Å². The summed E-state index contributed by atoms with van der Waals surface area (Å²) in [5, 5.41) is 8.90. The summed E-state index contributed by atoms with van der Waals surface area (Å²) in [6.45, 7) is 0.587. The maximum Gasteiger partial charge on any atom is 0.338 e. The fraction of sp³-hybridized carbons (Fsp3) is 0.533. The van der Waals surface area contributed by atoms with Crippen LogP contribution in [-0.2, 0) is 15.5 Å². The quantitative estimate of drug-likeness (QED) is 0.932. The molecule has 0 aromatic heterocycles. The van der Waals surface area contributed by atoms with Gasteiger partial charge in [-0.2, -0.15) is 0 Å². The first-order valence-electron chi connectivity index (χ1n) is 7.08. The minimum absolute atomic E-state index is 0.0499. The van der Waals surface area contributed by atoms with E-state index >= 15 is 0 Å². The van der Waals surface area contributed by atoms with Crippen LogP contribution in [0.25, 0.3) is 0 Å². The van der Waals surface area contributed by atoms with Crippen molar-refractivity contribution in [3.8, 4) is 0 Å². The highest BCUT2D eigenvalue weighted by molar-refractivity contribution is 7.85. The molecule has 0 amide bonds. The lowest BCUT2D eigenvalue weighted by molar-refractivity contribution is -0.125. The number of ether oxygens (including phenoxy) is 1. The lowest BCUT2D eigenvalue weighted by Gasteiger charge is -2.46. The number of halogens is 1. The summed E-state index contributed by atoms with van der Waals surface area (Å²) in [4.78, 5) is 11.4. The third kappa shape index (κ3) is 2.74. The van der Waals surface area contributed by atoms with Crippen LogP contribution in [0.3, 0.4) is 0 Å². The molecule has 1 heterocycles. The Morgan fingerprint density at radius 2 is 2.19 bits per heavy atom. The predicted octanol–water partition coefficient (Wildman–Crippen LogP) is 2.73. The number of carbonyl (C=O) groups is 1. The van der Waals surface area contributed by atoms with E-state index in [2.05, 4.69) is 0 Å². The molecule has 1 spiro atoms. The van der Waals surface area contributed by atoms with Gasteiger partial charge in [-0.3, -0.25) is 4.21 Å². The van der Waals surface area contributed by atoms with Gasteiger partial charge in [0.1, 0.15) is 5.82 Å². The second-order valence-electron chi connectivity index (χ2n) is 5.74. The lowest BCUT2D eigenvalue weighted by Crippen LogP contribution is -2.48. The molecule has 6 heteroatoms. The molecule has 1 aliphatic carbocycles. The molecule has 1 aromatic rings. The normalized spacial score (nSPS) is 25.3. The summed E-state index contributed by atoms with van der Waals surface area (Å²) in [6, 6.07) is 3.69. The van der Waals surface area contributed by atoms with Crippen molar-refractivity contribution in [2.75, 3.05) is 6.61 Å². The Balaban J connectivity index is 1.81. The molecule has 2 fully saturated rings. The molecule has 3 rings (SSSR count). The van der Waals surface area contributed by atoms with Gasteiger partial charge in [0.15, 0.2) is 0 Å². The van der Waals surface area contributed by atoms with Crippen LogP contribution >= 0.6 is 0 Å². The second kappa shape index (κ2) is 5.50. The lowest BCUT2D eigenvalue weighted by atomic mass is 9.75. The molecule has 2 unspecified atom stereocenters. The van der Waals surface area contributed by atoms with Gasteiger partial charge >= 0.3 is 5.97 Å². The molecule has 4 nitrogen and oxygen atoms in total. The van der Waals surface area contributed by atoms with Crippen molar-refractivity contribution in [2.24, 2.45) is 0 Å². The largest absolute Gasteiger partial charge is 0.478 e. The number of carboxylic acids is 1. The highest BCUT2D eigenvalue weighted by Gasteiger charge is 2.44. The molecule has 21 heavy (non-hydrogen) atoms. The van der Waals surface area contributed by atoms with Gasteiger partial charge in [-0.15, -0.1) is 0 Å². The van der Waals surface area contributed by atoms with Crippen LogP contribution < -0.4 is 0 Å². The Morgan fingerprint density at radius 3 is 2.81 bits per heavy atom. The molecule has 114 valence electrons. The average Bonchev–Trinajstić information content (AvgIpc) is 2.45. The molecule has 2 aliphatic rings. The molecular weight excluding hydrogens is 295 g/mol. The van der Waals surface area contributed by atoms with Gasteiger partial charge in [-0.25, -0.2) is 9.18 Å². The number of benzene rings is 1. The number of hydrogen-bond donors (Lipinski definition) is 1. The van der Waals surface area contributed by atoms with Crippen molar-refractivity contribution in [3.05, 3.63) is 29.6 Å². The minimum Gasteiger partial charge on any atom is -0.478 e. The topological polar surface area (TPSA) is 63.6 Å². The third-order valence-corrected chi connectivity index (χ3v) is 6.14. The molecule has 1 saturated carbocycles. The fourth-order valence-electron chi connectivity index (χ4n) is 3.07. The van der Waals surface area contributed by atoms with Gasteiger partial charge in [-0.1, -0.05) is 0 Å². The van der Waals surface area contributed by atoms with Crippen molar-refractivity contribution in [3.63, 3.8) is 0 Å². The summed E-state index contributed by atoms with van der Waals surface area (Å²) >= 11 is 0. The number of carboxylic acid groups (broad SMARTS) is 1. The average molecular weight is 312 g/mol. The number of hydrogen-bond acceptors (Lipinski definition) is 3. The van der Waals surface area contributed by atoms with Gasteiger partial charge in [0.2, 0.25) is 0 Å². The van der Waals surface area contributed by atoms with E-state index in [1.54, 1.807) is 0 Å². The Kier molecular flexibility index (Phi) is 3.84. The van der Waals surface area contributed by atoms with E-state index in [1.807, 2.05) is 0 Å². The molecule has 1 saturated heterocycles. The molecule has 1 aliphatic heterocycles. The van der Waals surface area contributed by atoms with Crippen molar-refractivity contribution in [1.82, 2.24) is 0 Å². The third-order valence-electron chi connectivity index (χ3n) is 4.42. The van der Waals surface area contributed by atoms with Crippen LogP contribution in [0.1, 0.15) is 42.5 Å². The Hall–Kier alpha value is -1.27. The summed E-state index contributed by atoms with van der Waals surface area (Å²) in [5.74, 6) is -2.14. The van der Waals surface area contributed by atoms with Crippen LogP contribution in [0.2, 0.25) is 0 Å². The van der Waals surface area contributed by atoms with Gasteiger partial charge < -0.3 is 9.84 Å². The number of aromatic carboxylic acids is 1. The highest BCUT2D eigenvalue weighted by Crippen LogP contribution is 2.44. The highest BCUT2D eigenvalue weighted by atomic mass is 32.2. The van der Waals surface area contributed by atoms with Gasteiger partial charge in [0.25, 0.3) is 0 Å². The fourth-order valence-corrected chi connectivity index (χ4v) is 4.66. The Morgan fingerprint density at radius 1 is 1.43 bits per heavy atom. The first kappa shape index (κ1) is 14.7. The van der Waals surface area contributed by atoms with Crippen LogP contribution in [0.4, 0.5) is 4.39 Å². The van der Waals surface area contributed by atoms with E-state index in [4.69, 9.17) is 9.84 Å². The van der Waals surface area contributed by atoms with E-state index < -0.39 is 28.1 Å². The van der Waals surface area contributed by atoms with E-state index in [1.165, 1.54) is 12.1 Å². The zero-order valence-electron chi connectivity index (χ0n) is 11.5. The monoisotopic (exact) mass is 312 g/mol. The van der Waals surface area contributed by atoms with Crippen LogP contribution in [0, 0.1) is 5.82 Å². The van der Waals surface area contributed by atoms with Crippen molar-refractivity contribution in [1.29, 1.82) is 0 Å². The van der Waals surface area contributed by atoms with Crippen molar-refractivity contribution in [2.45, 2.75) is 47.9 Å². The molecule has 1 N–H and O–H groups in total. The standard InChI is InChI=1S/C15H17FO4S/c16-13-3-2-10(8-12(13)14(17)18)21(19)11-4-7-20-15(9-11)5-1-6-15/h2-3,8,11H,1,4-7,9H2,(H,17,18). The second-order valence-corrected chi connectivity index (χ2v) is 7.48. The molecule has 1 aromatic carbocycles. The van der Waals surface area contributed by atoms with E-state index in [0.717, 1.165) is 31.7 Å². The van der Waals surface area contributed by atoms with E-state index in [9.17, 15) is 13.4 Å². The van der Waals surface area contributed by atoms with Crippen LogP contribution in [-0.4, -0.2) is 32.7 Å². The molecule has 0 bridgehead atoms. The van der Waals surface area contributed by atoms with E-state index in [-0.39, 0.29) is 10.9 Å². The maximum absolute atomic E-state index is 13.4. The smallest absolute Gasteiger partial charge is 0.338 e. The van der Waals surface area contributed by atoms with Crippen molar-refractivity contribution < 1.29 is 23.2 Å². The minimum atomic E-state index is -1.34. The summed E-state index contributed by atoms with van der Waals surface area (Å²) < 4.78 is 31.9. The molecule has 2 atom stereocenters. The van der Waals surface area contributed by atoms with Crippen molar-refractivity contribution >= 4 is 16.8 Å². The molecule has 0 radical (unpaired) electrons. The Labute approximate surface area is 124 Å². The SMILES string of the molecule is O=C(O)c1cc(S(=O)C2CCOC3(CCC3)C2)ccc1F. The predicted molar refractivity (Wildman–Crippen MR) is 75.3 cm³/mol. The summed E-state index contributed by atoms with van der Waals surface area (Å²) in [6.07, 6.45) is 4.57. The summed E-state index contributed by atoms with van der Waals surface area (Å²) in [7, 11) is -1.33. The van der Waals surface area contributed by atoms with E-state index in [0.29, 0.717) is 17.9 Å². The number of rotatable bonds is 3. The molecular formula is C15H17FO4S. The Bertz CT molecular complexity index is 597. The van der Waals surface area contributed by atoms with Crippen LogP contribution in [0.15, 0.2) is 23.1 Å². The first-order chi connectivity index (χ1) is 10.0. The van der Waals surface area contributed by atoms with Gasteiger partial charge in [-0.05, 0) is 50.3 Å². The summed E-state index contributed by atoms with van der Waals surface area (Å²) in [5.41, 5.74) is -0.542. The maximum atomic E-state index is 13.4. The van der Waals surface area contributed by atoms with Crippen LogP contribution in [0.5, 0.6) is 0 Å². The zero-order valence-corrected chi connectivity index (χ0v) is 12.3. The zero-order chi connectivity index (χ0) is 15.0. The van der Waals surface area contributed by atoms with Gasteiger partial charge in [0.05, 0.1) is 22.0 Å². The first-order valence-corrected chi connectivity index (χ1v) is 8.29.